The molecule has 0 spiro atoms. The summed E-state index contributed by atoms with van der Waals surface area (Å²) in [7, 11) is 0. The maximum atomic E-state index is 5.77. The number of benzene rings is 1. The fourth-order valence-electron chi connectivity index (χ4n) is 1.10. The Morgan fingerprint density at radius 3 is 2.31 bits per heavy atom. The topological polar surface area (TPSA) is 13.1 Å². The predicted octanol–water partition coefficient (Wildman–Crippen LogP) is 4.36. The van der Waals surface area contributed by atoms with E-state index in [9.17, 15) is 0 Å². The van der Waals surface area contributed by atoms with Crippen LogP contribution in [0.1, 0.15) is 0 Å². The van der Waals surface area contributed by atoms with Crippen molar-refractivity contribution in [1.29, 1.82) is 0 Å². The third-order valence-electron chi connectivity index (χ3n) is 1.72. The lowest BCUT2D eigenvalue weighted by Gasteiger charge is -1.97. The highest BCUT2D eigenvalue weighted by atomic mass is 79.9. The average Bonchev–Trinajstić information content (AvgIpc) is 2.53. The molecule has 0 aliphatic heterocycles. The molecule has 0 N–H and O–H groups in total. The second-order valence-electron chi connectivity index (χ2n) is 2.60. The lowest BCUT2D eigenvalue weighted by molar-refractivity contribution is 0.581. The number of hydrogen-bond acceptors (Lipinski definition) is 1. The van der Waals surface area contributed by atoms with Crippen LogP contribution in [-0.2, 0) is 0 Å². The van der Waals surface area contributed by atoms with Crippen LogP contribution >= 0.6 is 27.5 Å². The molecule has 0 bridgehead atoms. The van der Waals surface area contributed by atoms with Crippen molar-refractivity contribution < 1.29 is 4.42 Å². The van der Waals surface area contributed by atoms with Gasteiger partial charge in [-0.2, -0.15) is 0 Å². The van der Waals surface area contributed by atoms with Gasteiger partial charge in [0.15, 0.2) is 0 Å². The molecule has 13 heavy (non-hydrogen) atoms. The van der Waals surface area contributed by atoms with Crippen LogP contribution in [0.2, 0.25) is 5.02 Å². The summed E-state index contributed by atoms with van der Waals surface area (Å²) in [6, 6.07) is 9.39. The minimum absolute atomic E-state index is 0.728. The molecule has 0 atom stereocenters. The first-order valence-electron chi connectivity index (χ1n) is 3.76. The Bertz CT molecular complexity index is 405. The van der Waals surface area contributed by atoms with Crippen LogP contribution in [0.5, 0.6) is 0 Å². The molecule has 0 amide bonds. The molecule has 3 heteroatoms. The van der Waals surface area contributed by atoms with E-state index in [4.69, 9.17) is 16.0 Å². The molecule has 0 saturated heterocycles. The van der Waals surface area contributed by atoms with Crippen LogP contribution in [-0.4, -0.2) is 0 Å². The van der Waals surface area contributed by atoms with E-state index in [1.54, 1.807) is 6.26 Å². The summed E-state index contributed by atoms with van der Waals surface area (Å²) in [6.07, 6.45) is 1.65. The van der Waals surface area contributed by atoms with E-state index in [1.165, 1.54) is 0 Å². The minimum atomic E-state index is 0.728. The summed E-state index contributed by atoms with van der Waals surface area (Å²) in [5, 5.41) is 0.728. The van der Waals surface area contributed by atoms with Crippen LogP contribution < -0.4 is 0 Å². The summed E-state index contributed by atoms with van der Waals surface area (Å²) in [4.78, 5) is 0. The lowest BCUT2D eigenvalue weighted by Crippen LogP contribution is -1.73. The molecule has 0 radical (unpaired) electrons. The van der Waals surface area contributed by atoms with Gasteiger partial charge in [0, 0.05) is 10.6 Å². The lowest BCUT2D eigenvalue weighted by atomic mass is 10.2. The molecule has 1 heterocycles. The molecule has 0 aliphatic carbocycles. The SMILES string of the molecule is Clc1ccc(-c2occc2Br)cc1. The first-order valence-corrected chi connectivity index (χ1v) is 4.93. The highest BCUT2D eigenvalue weighted by molar-refractivity contribution is 9.10. The molecule has 0 unspecified atom stereocenters. The van der Waals surface area contributed by atoms with Crippen molar-refractivity contribution >= 4 is 27.5 Å². The number of halogens is 2. The van der Waals surface area contributed by atoms with Crippen LogP contribution in [0.25, 0.3) is 11.3 Å². The molecule has 66 valence electrons. The third-order valence-corrected chi connectivity index (χ3v) is 2.60. The van der Waals surface area contributed by atoms with E-state index in [0.717, 1.165) is 20.8 Å². The van der Waals surface area contributed by atoms with Crippen molar-refractivity contribution in [2.45, 2.75) is 0 Å². The zero-order valence-corrected chi connectivity index (χ0v) is 8.97. The number of furan rings is 1. The summed E-state index contributed by atoms with van der Waals surface area (Å²) in [6.45, 7) is 0. The normalized spacial score (nSPS) is 10.3. The van der Waals surface area contributed by atoms with Crippen LogP contribution in [0, 0.1) is 0 Å². The molecule has 2 aromatic rings. The Kier molecular flexibility index (Phi) is 2.42. The second kappa shape index (κ2) is 3.56. The van der Waals surface area contributed by atoms with E-state index in [-0.39, 0.29) is 0 Å². The zero-order valence-electron chi connectivity index (χ0n) is 6.63. The number of rotatable bonds is 1. The van der Waals surface area contributed by atoms with Gasteiger partial charge in [0.25, 0.3) is 0 Å². The van der Waals surface area contributed by atoms with Gasteiger partial charge in [-0.3, -0.25) is 0 Å². The predicted molar refractivity (Wildman–Crippen MR) is 56.9 cm³/mol. The Hall–Kier alpha value is -0.730. The Morgan fingerprint density at radius 2 is 1.77 bits per heavy atom. The van der Waals surface area contributed by atoms with Crippen molar-refractivity contribution in [2.75, 3.05) is 0 Å². The monoisotopic (exact) mass is 256 g/mol. The quantitative estimate of drug-likeness (QED) is 0.740. The van der Waals surface area contributed by atoms with Gasteiger partial charge in [0.2, 0.25) is 0 Å². The van der Waals surface area contributed by atoms with Crippen molar-refractivity contribution in [3.8, 4) is 11.3 Å². The van der Waals surface area contributed by atoms with Gasteiger partial charge in [-0.15, -0.1) is 0 Å². The molecule has 2 rings (SSSR count). The minimum Gasteiger partial charge on any atom is -0.463 e. The fraction of sp³-hybridized carbons (Fsp3) is 0. The van der Waals surface area contributed by atoms with Crippen molar-refractivity contribution in [1.82, 2.24) is 0 Å². The molecule has 0 saturated carbocycles. The largest absolute Gasteiger partial charge is 0.463 e. The molecule has 1 aromatic carbocycles. The third kappa shape index (κ3) is 1.79. The average molecular weight is 258 g/mol. The van der Waals surface area contributed by atoms with E-state index >= 15 is 0 Å². The Labute approximate surface area is 89.5 Å². The Balaban J connectivity index is 2.47. The highest BCUT2D eigenvalue weighted by Gasteiger charge is 2.05. The molecule has 1 aromatic heterocycles. The van der Waals surface area contributed by atoms with Crippen LogP contribution in [0.4, 0.5) is 0 Å². The van der Waals surface area contributed by atoms with Crippen LogP contribution in [0.3, 0.4) is 0 Å². The van der Waals surface area contributed by atoms with Crippen molar-refractivity contribution in [3.63, 3.8) is 0 Å². The van der Waals surface area contributed by atoms with E-state index in [1.807, 2.05) is 30.3 Å². The van der Waals surface area contributed by atoms with Crippen molar-refractivity contribution in [2.24, 2.45) is 0 Å². The summed E-state index contributed by atoms with van der Waals surface area (Å²) >= 11 is 9.17. The zero-order chi connectivity index (χ0) is 9.26. The maximum Gasteiger partial charge on any atom is 0.148 e. The first-order chi connectivity index (χ1) is 6.27. The number of hydrogen-bond donors (Lipinski definition) is 0. The molecule has 1 nitrogen and oxygen atoms in total. The summed E-state index contributed by atoms with van der Waals surface area (Å²) < 4.78 is 6.25. The van der Waals surface area contributed by atoms with E-state index in [0.29, 0.717) is 0 Å². The smallest absolute Gasteiger partial charge is 0.148 e. The van der Waals surface area contributed by atoms with Gasteiger partial charge in [-0.1, -0.05) is 11.6 Å². The summed E-state index contributed by atoms with van der Waals surface area (Å²) in [5.41, 5.74) is 1.02. The molecule has 0 fully saturated rings. The molecule has 0 aliphatic rings. The standard InChI is InChI=1S/C10H6BrClO/c11-9-5-6-13-10(9)7-1-3-8(12)4-2-7/h1-6H. The van der Waals surface area contributed by atoms with E-state index in [2.05, 4.69) is 15.9 Å². The van der Waals surface area contributed by atoms with Gasteiger partial charge in [0.1, 0.15) is 5.76 Å². The van der Waals surface area contributed by atoms with Crippen LogP contribution in [0.15, 0.2) is 45.5 Å². The van der Waals surface area contributed by atoms with Gasteiger partial charge in [-0.05, 0) is 46.3 Å². The van der Waals surface area contributed by atoms with Gasteiger partial charge in [-0.25, -0.2) is 0 Å². The first kappa shape index (κ1) is 8.85. The molecular weight excluding hydrogens is 251 g/mol. The fourth-order valence-corrected chi connectivity index (χ4v) is 1.66. The highest BCUT2D eigenvalue weighted by Crippen LogP contribution is 2.29. The van der Waals surface area contributed by atoms with Gasteiger partial charge >= 0.3 is 0 Å². The Morgan fingerprint density at radius 1 is 1.08 bits per heavy atom. The van der Waals surface area contributed by atoms with Gasteiger partial charge < -0.3 is 4.42 Å². The summed E-state index contributed by atoms with van der Waals surface area (Å²) in [5.74, 6) is 0.830. The second-order valence-corrected chi connectivity index (χ2v) is 3.90. The van der Waals surface area contributed by atoms with E-state index < -0.39 is 0 Å². The van der Waals surface area contributed by atoms with Gasteiger partial charge in [0.05, 0.1) is 10.7 Å². The maximum absolute atomic E-state index is 5.77. The molecular formula is C10H6BrClO. The van der Waals surface area contributed by atoms with Crippen molar-refractivity contribution in [3.05, 3.63) is 46.1 Å².